The van der Waals surface area contributed by atoms with E-state index in [0.29, 0.717) is 23.9 Å². The van der Waals surface area contributed by atoms with Crippen LogP contribution in [0.2, 0.25) is 5.02 Å². The molecule has 0 radical (unpaired) electrons. The highest BCUT2D eigenvalue weighted by Crippen LogP contribution is 2.22. The predicted octanol–water partition coefficient (Wildman–Crippen LogP) is 2.64. The van der Waals surface area contributed by atoms with Crippen LogP contribution in [0.3, 0.4) is 0 Å². The van der Waals surface area contributed by atoms with Crippen LogP contribution in [-0.4, -0.2) is 46.0 Å². The number of aliphatic carboxylic acids is 1. The number of piperidine rings is 1. The van der Waals surface area contributed by atoms with E-state index in [2.05, 4.69) is 10.3 Å². The number of likely N-dealkylation sites (tertiary alicyclic amines) is 1. The number of aromatic nitrogens is 1. The van der Waals surface area contributed by atoms with Gasteiger partial charge in [-0.2, -0.15) is 0 Å². The summed E-state index contributed by atoms with van der Waals surface area (Å²) in [6.45, 7) is 3.13. The Morgan fingerprint density at radius 3 is 2.74 bits per heavy atom. The number of nitrogens with zero attached hydrogens (tertiary/aromatic N) is 2. The summed E-state index contributed by atoms with van der Waals surface area (Å²) < 4.78 is 0. The normalized spacial score (nSPS) is 16.9. The van der Waals surface area contributed by atoms with Gasteiger partial charge in [0.25, 0.3) is 0 Å². The lowest BCUT2D eigenvalue weighted by Gasteiger charge is -2.33. The molecule has 23 heavy (non-hydrogen) atoms. The van der Waals surface area contributed by atoms with Crippen molar-refractivity contribution in [3.8, 4) is 0 Å². The molecule has 0 aliphatic carbocycles. The number of hydrogen-bond acceptors (Lipinski definition) is 4. The second-order valence-electron chi connectivity index (χ2n) is 6.04. The van der Waals surface area contributed by atoms with E-state index in [0.717, 1.165) is 12.8 Å². The van der Waals surface area contributed by atoms with E-state index in [4.69, 9.17) is 16.7 Å². The molecule has 1 aromatic heterocycles. The Hall–Kier alpha value is -1.82. The molecule has 1 atom stereocenters. The largest absolute Gasteiger partial charge is 0.481 e. The summed E-state index contributed by atoms with van der Waals surface area (Å²) in [7, 11) is 0. The van der Waals surface area contributed by atoms with Gasteiger partial charge in [-0.15, -0.1) is 0 Å². The number of carbonyl (C=O) groups is 2. The van der Waals surface area contributed by atoms with Gasteiger partial charge in [-0.3, -0.25) is 9.59 Å². The van der Waals surface area contributed by atoms with Crippen molar-refractivity contribution >= 4 is 29.3 Å². The molecular weight excluding hydrogens is 318 g/mol. The lowest BCUT2D eigenvalue weighted by molar-refractivity contribution is -0.138. The minimum Gasteiger partial charge on any atom is -0.481 e. The van der Waals surface area contributed by atoms with E-state index in [1.54, 1.807) is 25.3 Å². The van der Waals surface area contributed by atoms with Gasteiger partial charge < -0.3 is 15.3 Å². The van der Waals surface area contributed by atoms with E-state index >= 15 is 0 Å². The Bertz CT molecular complexity index is 559. The quantitative estimate of drug-likeness (QED) is 0.832. The average Bonchev–Trinajstić information content (AvgIpc) is 2.49. The van der Waals surface area contributed by atoms with Crippen molar-refractivity contribution in [2.75, 3.05) is 18.4 Å². The topological polar surface area (TPSA) is 82.5 Å². The maximum atomic E-state index is 12.2. The maximum Gasteiger partial charge on any atom is 0.303 e. The van der Waals surface area contributed by atoms with Crippen LogP contribution in [0.1, 0.15) is 32.6 Å². The summed E-state index contributed by atoms with van der Waals surface area (Å²) in [5.41, 5.74) is 0. The molecular formula is C16H22ClN3O3. The number of halogens is 1. The van der Waals surface area contributed by atoms with Crippen molar-refractivity contribution in [1.29, 1.82) is 0 Å². The molecule has 0 spiro atoms. The molecule has 2 N–H and O–H groups in total. The fourth-order valence-corrected chi connectivity index (χ4v) is 2.93. The van der Waals surface area contributed by atoms with Gasteiger partial charge in [0.1, 0.15) is 5.82 Å². The van der Waals surface area contributed by atoms with Gasteiger partial charge in [-0.25, -0.2) is 4.98 Å². The summed E-state index contributed by atoms with van der Waals surface area (Å²) in [6, 6.07) is 3.81. The molecule has 0 saturated carbocycles. The summed E-state index contributed by atoms with van der Waals surface area (Å²) >= 11 is 6.08. The van der Waals surface area contributed by atoms with E-state index in [1.165, 1.54) is 0 Å². The smallest absolute Gasteiger partial charge is 0.303 e. The molecule has 7 heteroatoms. The van der Waals surface area contributed by atoms with Crippen LogP contribution in [0.4, 0.5) is 5.82 Å². The van der Waals surface area contributed by atoms with Gasteiger partial charge in [-0.05, 0) is 30.9 Å². The lowest BCUT2D eigenvalue weighted by Crippen LogP contribution is -2.43. The number of nitrogens with one attached hydrogen (secondary N) is 1. The molecule has 1 amide bonds. The van der Waals surface area contributed by atoms with Crippen LogP contribution in [0.25, 0.3) is 0 Å². The molecule has 1 aliphatic heterocycles. The summed E-state index contributed by atoms with van der Waals surface area (Å²) in [5, 5.41) is 12.7. The number of pyridine rings is 1. The number of anilines is 1. The fourth-order valence-electron chi connectivity index (χ4n) is 2.76. The van der Waals surface area contributed by atoms with Gasteiger partial charge >= 0.3 is 5.97 Å². The number of carbonyl (C=O) groups excluding carboxylic acids is 1. The zero-order valence-corrected chi connectivity index (χ0v) is 13.9. The van der Waals surface area contributed by atoms with Crippen LogP contribution < -0.4 is 5.32 Å². The SMILES string of the molecule is CC(CC(=O)O)CC(=O)N1CCC(Nc2ncccc2Cl)CC1. The van der Waals surface area contributed by atoms with Crippen molar-refractivity contribution in [2.45, 2.75) is 38.6 Å². The minimum atomic E-state index is -0.861. The fraction of sp³-hybridized carbons (Fsp3) is 0.562. The molecule has 1 fully saturated rings. The molecule has 2 heterocycles. The highest BCUT2D eigenvalue weighted by molar-refractivity contribution is 6.32. The number of rotatable bonds is 6. The van der Waals surface area contributed by atoms with Crippen molar-refractivity contribution in [2.24, 2.45) is 5.92 Å². The first-order valence-electron chi connectivity index (χ1n) is 7.82. The van der Waals surface area contributed by atoms with Crippen molar-refractivity contribution in [3.05, 3.63) is 23.4 Å². The summed E-state index contributed by atoms with van der Waals surface area (Å²) in [4.78, 5) is 28.9. The first kappa shape index (κ1) is 17.5. The van der Waals surface area contributed by atoms with Crippen LogP contribution in [0.15, 0.2) is 18.3 Å². The number of carboxylic acids is 1. The standard InChI is InChI=1S/C16H22ClN3O3/c1-11(10-15(22)23)9-14(21)20-7-4-12(5-8-20)19-16-13(17)3-2-6-18-16/h2-3,6,11-12H,4-5,7-10H2,1H3,(H,18,19)(H,22,23). The molecule has 0 aromatic carbocycles. The van der Waals surface area contributed by atoms with Crippen LogP contribution >= 0.6 is 11.6 Å². The first-order chi connectivity index (χ1) is 11.0. The number of hydrogen-bond donors (Lipinski definition) is 2. The second kappa shape index (κ2) is 8.15. The number of carboxylic acid groups (broad SMARTS) is 1. The zero-order valence-electron chi connectivity index (χ0n) is 13.2. The van der Waals surface area contributed by atoms with E-state index < -0.39 is 5.97 Å². The van der Waals surface area contributed by atoms with Gasteiger partial charge in [0.05, 0.1) is 5.02 Å². The monoisotopic (exact) mass is 339 g/mol. The van der Waals surface area contributed by atoms with Gasteiger partial charge in [0.2, 0.25) is 5.91 Å². The Balaban J connectivity index is 1.78. The molecule has 1 unspecified atom stereocenters. The van der Waals surface area contributed by atoms with E-state index in [9.17, 15) is 9.59 Å². The molecule has 2 rings (SSSR count). The molecule has 1 aromatic rings. The van der Waals surface area contributed by atoms with Gasteiger partial charge in [0, 0.05) is 38.2 Å². The Labute approximate surface area is 140 Å². The van der Waals surface area contributed by atoms with Gasteiger partial charge in [-0.1, -0.05) is 18.5 Å². The molecule has 0 bridgehead atoms. The third kappa shape index (κ3) is 5.39. The molecule has 1 aliphatic rings. The molecule has 6 nitrogen and oxygen atoms in total. The lowest BCUT2D eigenvalue weighted by atomic mass is 10.0. The van der Waals surface area contributed by atoms with Crippen molar-refractivity contribution in [1.82, 2.24) is 9.88 Å². The highest BCUT2D eigenvalue weighted by atomic mass is 35.5. The molecule has 1 saturated heterocycles. The Kier molecular flexibility index (Phi) is 6.21. The van der Waals surface area contributed by atoms with Crippen LogP contribution in [-0.2, 0) is 9.59 Å². The van der Waals surface area contributed by atoms with Crippen molar-refractivity contribution < 1.29 is 14.7 Å². The van der Waals surface area contributed by atoms with Crippen LogP contribution in [0, 0.1) is 5.92 Å². The second-order valence-corrected chi connectivity index (χ2v) is 6.45. The number of amides is 1. The third-order valence-corrected chi connectivity index (χ3v) is 4.30. The van der Waals surface area contributed by atoms with E-state index in [1.807, 2.05) is 4.90 Å². The third-order valence-electron chi connectivity index (χ3n) is 3.99. The zero-order chi connectivity index (χ0) is 16.8. The van der Waals surface area contributed by atoms with Crippen LogP contribution in [0.5, 0.6) is 0 Å². The van der Waals surface area contributed by atoms with Crippen molar-refractivity contribution in [3.63, 3.8) is 0 Å². The average molecular weight is 340 g/mol. The summed E-state index contributed by atoms with van der Waals surface area (Å²) in [5.74, 6) is -0.286. The predicted molar refractivity (Wildman–Crippen MR) is 88.5 cm³/mol. The van der Waals surface area contributed by atoms with E-state index in [-0.39, 0.29) is 30.7 Å². The first-order valence-corrected chi connectivity index (χ1v) is 8.20. The Morgan fingerprint density at radius 2 is 2.13 bits per heavy atom. The maximum absolute atomic E-state index is 12.2. The summed E-state index contributed by atoms with van der Waals surface area (Å²) in [6.07, 6.45) is 3.66. The minimum absolute atomic E-state index is 0.0297. The highest BCUT2D eigenvalue weighted by Gasteiger charge is 2.24. The molecule has 126 valence electrons. The Morgan fingerprint density at radius 1 is 1.43 bits per heavy atom. The van der Waals surface area contributed by atoms with Gasteiger partial charge in [0.15, 0.2) is 0 Å².